The number of anilines is 1. The average molecular weight is 313 g/mol. The minimum absolute atomic E-state index is 0.108. The quantitative estimate of drug-likeness (QED) is 0.830. The lowest BCUT2D eigenvalue weighted by molar-refractivity contribution is -0.113. The van der Waals surface area contributed by atoms with Crippen molar-refractivity contribution in [1.82, 2.24) is 0 Å². The van der Waals surface area contributed by atoms with Gasteiger partial charge < -0.3 is 14.8 Å². The Bertz CT molecular complexity index is 687. The summed E-state index contributed by atoms with van der Waals surface area (Å²) in [6.07, 6.45) is 0. The number of furan rings is 1. The van der Waals surface area contributed by atoms with E-state index in [4.69, 9.17) is 9.52 Å². The highest BCUT2D eigenvalue weighted by Gasteiger charge is 2.12. The maximum atomic E-state index is 13.3. The van der Waals surface area contributed by atoms with E-state index in [0.717, 1.165) is 23.9 Å². The molecule has 0 saturated carbocycles. The van der Waals surface area contributed by atoms with E-state index >= 15 is 0 Å². The fraction of sp³-hybridized carbons (Fsp3) is 0.0769. The van der Waals surface area contributed by atoms with E-state index in [1.807, 2.05) is 0 Å². The molecule has 0 atom stereocenters. The molecule has 1 aromatic carbocycles. The Kier molecular flexibility index (Phi) is 4.59. The van der Waals surface area contributed by atoms with Gasteiger partial charge in [-0.25, -0.2) is 13.6 Å². The normalized spacial score (nSPS) is 10.4. The molecule has 21 heavy (non-hydrogen) atoms. The number of carbonyl (C=O) groups excluding carboxylic acids is 1. The Balaban J connectivity index is 1.91. The molecule has 2 N–H and O–H groups in total. The largest absolute Gasteiger partial charge is 0.475 e. The molecule has 1 aromatic heterocycles. The van der Waals surface area contributed by atoms with Crippen LogP contribution >= 0.6 is 11.8 Å². The molecule has 0 saturated heterocycles. The third kappa shape index (κ3) is 4.06. The summed E-state index contributed by atoms with van der Waals surface area (Å²) < 4.78 is 31.0. The Labute approximate surface area is 121 Å². The van der Waals surface area contributed by atoms with Gasteiger partial charge >= 0.3 is 5.97 Å². The fourth-order valence-electron chi connectivity index (χ4n) is 1.43. The average Bonchev–Trinajstić information content (AvgIpc) is 2.89. The molecule has 5 nitrogen and oxygen atoms in total. The molecule has 0 aliphatic carbocycles. The van der Waals surface area contributed by atoms with E-state index in [-0.39, 0.29) is 22.3 Å². The van der Waals surface area contributed by atoms with E-state index in [2.05, 4.69) is 5.32 Å². The summed E-state index contributed by atoms with van der Waals surface area (Å²) in [5, 5.41) is 11.2. The Morgan fingerprint density at radius 2 is 2.00 bits per heavy atom. The SMILES string of the molecule is O=C(CSc1ccc(C(=O)O)o1)Nc1ccc(F)cc1F. The van der Waals surface area contributed by atoms with Gasteiger partial charge in [0.1, 0.15) is 11.6 Å². The standard InChI is InChI=1S/C13H9F2NO4S/c14-7-1-2-9(8(15)5-7)16-11(17)6-21-12-4-3-10(20-12)13(18)19/h1-5H,6H2,(H,16,17)(H,18,19). The van der Waals surface area contributed by atoms with Crippen LogP contribution in [0.2, 0.25) is 0 Å². The minimum Gasteiger partial charge on any atom is -0.475 e. The van der Waals surface area contributed by atoms with Crippen molar-refractivity contribution in [3.8, 4) is 0 Å². The zero-order valence-electron chi connectivity index (χ0n) is 10.4. The number of hydrogen-bond acceptors (Lipinski definition) is 4. The number of aromatic carboxylic acids is 1. The van der Waals surface area contributed by atoms with Crippen LogP contribution in [0.3, 0.4) is 0 Å². The Morgan fingerprint density at radius 3 is 2.62 bits per heavy atom. The molecule has 0 spiro atoms. The van der Waals surface area contributed by atoms with Crippen molar-refractivity contribution in [1.29, 1.82) is 0 Å². The van der Waals surface area contributed by atoms with Gasteiger partial charge in [0.2, 0.25) is 11.7 Å². The molecule has 8 heteroatoms. The van der Waals surface area contributed by atoms with Gasteiger partial charge in [-0.1, -0.05) is 11.8 Å². The van der Waals surface area contributed by atoms with Gasteiger partial charge in [0.15, 0.2) is 5.09 Å². The fourth-order valence-corrected chi connectivity index (χ4v) is 2.08. The highest BCUT2D eigenvalue weighted by molar-refractivity contribution is 7.99. The second kappa shape index (κ2) is 6.40. The first-order valence-electron chi connectivity index (χ1n) is 5.66. The van der Waals surface area contributed by atoms with Crippen LogP contribution in [0.15, 0.2) is 39.8 Å². The summed E-state index contributed by atoms with van der Waals surface area (Å²) >= 11 is 0.956. The number of hydrogen-bond donors (Lipinski definition) is 2. The number of rotatable bonds is 5. The Morgan fingerprint density at radius 1 is 1.24 bits per heavy atom. The van der Waals surface area contributed by atoms with E-state index in [1.54, 1.807) is 0 Å². The molecule has 2 rings (SSSR count). The number of carboxylic acid groups (broad SMARTS) is 1. The van der Waals surface area contributed by atoms with Crippen LogP contribution < -0.4 is 5.32 Å². The summed E-state index contributed by atoms with van der Waals surface area (Å²) in [5.74, 6) is -3.69. The van der Waals surface area contributed by atoms with Gasteiger partial charge in [-0.05, 0) is 24.3 Å². The van der Waals surface area contributed by atoms with Gasteiger partial charge in [-0.15, -0.1) is 0 Å². The number of nitrogens with one attached hydrogen (secondary N) is 1. The van der Waals surface area contributed by atoms with Gasteiger partial charge in [-0.2, -0.15) is 0 Å². The molecular formula is C13H9F2NO4S. The first kappa shape index (κ1) is 15.0. The molecule has 0 unspecified atom stereocenters. The lowest BCUT2D eigenvalue weighted by atomic mass is 10.3. The molecule has 0 aliphatic rings. The summed E-state index contributed by atoms with van der Waals surface area (Å²) in [6, 6.07) is 5.48. The Hall–Kier alpha value is -2.35. The lowest BCUT2D eigenvalue weighted by Crippen LogP contribution is -2.15. The maximum Gasteiger partial charge on any atom is 0.371 e. The lowest BCUT2D eigenvalue weighted by Gasteiger charge is -2.05. The van der Waals surface area contributed by atoms with Crippen LogP contribution in [0, 0.1) is 11.6 Å². The molecule has 0 bridgehead atoms. The van der Waals surface area contributed by atoms with Crippen LogP contribution in [-0.4, -0.2) is 22.7 Å². The maximum absolute atomic E-state index is 13.3. The minimum atomic E-state index is -1.21. The van der Waals surface area contributed by atoms with Crippen molar-refractivity contribution in [2.75, 3.05) is 11.1 Å². The van der Waals surface area contributed by atoms with Crippen molar-refractivity contribution in [2.45, 2.75) is 5.09 Å². The molecule has 1 amide bonds. The van der Waals surface area contributed by atoms with Crippen molar-refractivity contribution in [3.05, 3.63) is 47.7 Å². The second-order valence-corrected chi connectivity index (χ2v) is 4.86. The van der Waals surface area contributed by atoms with Crippen molar-refractivity contribution in [2.24, 2.45) is 0 Å². The number of amides is 1. The van der Waals surface area contributed by atoms with Crippen LogP contribution in [0.4, 0.5) is 14.5 Å². The summed E-state index contributed by atoms with van der Waals surface area (Å²) in [7, 11) is 0. The molecule has 1 heterocycles. The summed E-state index contributed by atoms with van der Waals surface area (Å²) in [4.78, 5) is 22.2. The van der Waals surface area contributed by atoms with Crippen molar-refractivity contribution < 1.29 is 27.9 Å². The molecule has 0 aliphatic heterocycles. The van der Waals surface area contributed by atoms with Crippen LogP contribution in [0.1, 0.15) is 10.6 Å². The van der Waals surface area contributed by atoms with Gasteiger partial charge in [-0.3, -0.25) is 4.79 Å². The third-order valence-corrected chi connectivity index (χ3v) is 3.25. The van der Waals surface area contributed by atoms with Crippen molar-refractivity contribution in [3.63, 3.8) is 0 Å². The monoisotopic (exact) mass is 313 g/mol. The zero-order chi connectivity index (χ0) is 15.4. The number of thioether (sulfide) groups is 1. The second-order valence-electron chi connectivity index (χ2n) is 3.88. The van der Waals surface area contributed by atoms with E-state index in [1.165, 1.54) is 12.1 Å². The highest BCUT2D eigenvalue weighted by Crippen LogP contribution is 2.22. The number of carbonyl (C=O) groups is 2. The van der Waals surface area contributed by atoms with Gasteiger partial charge in [0.25, 0.3) is 0 Å². The first-order valence-corrected chi connectivity index (χ1v) is 6.65. The predicted molar refractivity (Wildman–Crippen MR) is 71.4 cm³/mol. The molecule has 0 fully saturated rings. The topological polar surface area (TPSA) is 79.5 Å². The number of halogens is 2. The first-order chi connectivity index (χ1) is 9.95. The van der Waals surface area contributed by atoms with Crippen LogP contribution in [-0.2, 0) is 4.79 Å². The third-order valence-electron chi connectivity index (χ3n) is 2.34. The smallest absolute Gasteiger partial charge is 0.371 e. The number of benzene rings is 1. The van der Waals surface area contributed by atoms with Gasteiger partial charge in [0, 0.05) is 6.07 Å². The van der Waals surface area contributed by atoms with E-state index in [0.29, 0.717) is 6.07 Å². The molecule has 0 radical (unpaired) electrons. The predicted octanol–water partition coefficient (Wildman–Crippen LogP) is 2.99. The summed E-state index contributed by atoms with van der Waals surface area (Å²) in [6.45, 7) is 0. The molecule has 2 aromatic rings. The zero-order valence-corrected chi connectivity index (χ0v) is 11.2. The van der Waals surface area contributed by atoms with Crippen LogP contribution in [0.5, 0.6) is 0 Å². The van der Waals surface area contributed by atoms with E-state index < -0.39 is 23.5 Å². The van der Waals surface area contributed by atoms with Crippen LogP contribution in [0.25, 0.3) is 0 Å². The number of carboxylic acids is 1. The summed E-state index contributed by atoms with van der Waals surface area (Å²) in [5.41, 5.74) is -0.132. The molecular weight excluding hydrogens is 304 g/mol. The highest BCUT2D eigenvalue weighted by atomic mass is 32.2. The van der Waals surface area contributed by atoms with Gasteiger partial charge in [0.05, 0.1) is 11.4 Å². The molecule has 110 valence electrons. The van der Waals surface area contributed by atoms with Crippen molar-refractivity contribution >= 4 is 29.3 Å². The van der Waals surface area contributed by atoms with E-state index in [9.17, 15) is 18.4 Å².